The lowest BCUT2D eigenvalue weighted by molar-refractivity contribution is -0.167. The van der Waals surface area contributed by atoms with Crippen LogP contribution in [0.3, 0.4) is 0 Å². The predicted octanol–water partition coefficient (Wildman–Crippen LogP) is 19.7. The third-order valence-electron chi connectivity index (χ3n) is 13.1. The molecule has 0 aliphatic rings. The van der Waals surface area contributed by atoms with Crippen LogP contribution >= 0.6 is 0 Å². The molecule has 0 bridgehead atoms. The van der Waals surface area contributed by atoms with Gasteiger partial charge in [0.1, 0.15) is 13.2 Å². The highest BCUT2D eigenvalue weighted by Gasteiger charge is 2.19. The molecule has 0 N–H and O–H groups in total. The second-order valence-corrected chi connectivity index (χ2v) is 19.9. The van der Waals surface area contributed by atoms with Crippen LogP contribution in [0.4, 0.5) is 0 Å². The average Bonchev–Trinajstić information content (AvgIpc) is 3.33. The van der Waals surface area contributed by atoms with Gasteiger partial charge in [-0.25, -0.2) is 0 Å². The van der Waals surface area contributed by atoms with Crippen molar-refractivity contribution in [2.75, 3.05) is 13.2 Å². The molecule has 6 heteroatoms. The fourth-order valence-corrected chi connectivity index (χ4v) is 8.65. The Morgan fingerprint density at radius 1 is 0.299 bits per heavy atom. The van der Waals surface area contributed by atoms with Crippen molar-refractivity contribution in [3.8, 4) is 0 Å². The molecular weight excluding hydrogens is 829 g/mol. The maximum atomic E-state index is 12.9. The van der Waals surface area contributed by atoms with Gasteiger partial charge in [-0.1, -0.05) is 256 Å². The lowest BCUT2D eigenvalue weighted by Gasteiger charge is -2.18. The number of carbonyl (C=O) groups is 3. The highest BCUT2D eigenvalue weighted by molar-refractivity contribution is 5.71. The van der Waals surface area contributed by atoms with E-state index in [-0.39, 0.29) is 31.1 Å². The van der Waals surface area contributed by atoms with Crippen molar-refractivity contribution in [3.63, 3.8) is 0 Å². The van der Waals surface area contributed by atoms with Gasteiger partial charge < -0.3 is 14.2 Å². The van der Waals surface area contributed by atoms with Crippen LogP contribution < -0.4 is 0 Å². The third-order valence-corrected chi connectivity index (χ3v) is 13.1. The Bertz CT molecular complexity index is 1130. The van der Waals surface area contributed by atoms with Gasteiger partial charge in [-0.15, -0.1) is 0 Å². The van der Waals surface area contributed by atoms with Crippen LogP contribution in [0.5, 0.6) is 0 Å². The molecule has 1 atom stereocenters. The largest absolute Gasteiger partial charge is 0.462 e. The molecule has 0 saturated heterocycles. The van der Waals surface area contributed by atoms with E-state index in [4.69, 9.17) is 14.2 Å². The SMILES string of the molecule is CCCCC/C=C\C/C=C\CCCCCCCCCCCC(=O)OC[C@H](COC(=O)CCCCCCC/C=C\CCCCCC)OC(=O)CCCCCCCCCCCCCCCCCCC. The summed E-state index contributed by atoms with van der Waals surface area (Å²) in [5, 5.41) is 0. The minimum Gasteiger partial charge on any atom is -0.462 e. The number of ether oxygens (including phenoxy) is 3. The number of unbranched alkanes of at least 4 members (excludes halogenated alkanes) is 37. The molecule has 0 radical (unpaired) electrons. The summed E-state index contributed by atoms with van der Waals surface area (Å²) in [4.78, 5) is 38.2. The molecule has 0 spiro atoms. The van der Waals surface area contributed by atoms with E-state index in [0.717, 1.165) is 70.6 Å². The van der Waals surface area contributed by atoms with E-state index in [0.29, 0.717) is 19.3 Å². The fraction of sp³-hybridized carbons (Fsp3) is 0.852. The molecule has 0 aromatic rings. The second-order valence-electron chi connectivity index (χ2n) is 19.9. The number of carbonyl (C=O) groups excluding carboxylic acids is 3. The zero-order valence-corrected chi connectivity index (χ0v) is 44.9. The van der Waals surface area contributed by atoms with Crippen LogP contribution in [0.15, 0.2) is 36.5 Å². The fourth-order valence-electron chi connectivity index (χ4n) is 8.65. The summed E-state index contributed by atoms with van der Waals surface area (Å²) in [7, 11) is 0. The standard InChI is InChI=1S/C61H112O6/c1-4-7-10-13-16-19-22-25-27-29-30-32-33-36-39-42-45-48-51-54-60(63)66-57-58(56-65-59(62)53-50-47-44-41-38-35-24-21-18-15-12-9-6-3)67-61(64)55-52-49-46-43-40-37-34-31-28-26-23-20-17-14-11-8-5-2/h16,19,21,24-25,27,58H,4-15,17-18,20,22-23,26,28-57H2,1-3H3/b19-16-,24-21-,27-25-/t58-/m0/s1. The molecule has 0 saturated carbocycles. The number of hydrogen-bond donors (Lipinski definition) is 0. The number of rotatable bonds is 54. The minimum absolute atomic E-state index is 0.0734. The Balaban J connectivity index is 4.33. The zero-order valence-electron chi connectivity index (χ0n) is 44.9. The van der Waals surface area contributed by atoms with Gasteiger partial charge in [0.25, 0.3) is 0 Å². The first-order valence-corrected chi connectivity index (χ1v) is 29.5. The van der Waals surface area contributed by atoms with Crippen LogP contribution in [-0.4, -0.2) is 37.2 Å². The van der Waals surface area contributed by atoms with Gasteiger partial charge in [-0.05, 0) is 77.0 Å². The predicted molar refractivity (Wildman–Crippen MR) is 289 cm³/mol. The second kappa shape index (κ2) is 56.2. The maximum Gasteiger partial charge on any atom is 0.306 e. The van der Waals surface area contributed by atoms with E-state index < -0.39 is 6.10 Å². The van der Waals surface area contributed by atoms with Gasteiger partial charge >= 0.3 is 17.9 Å². The Morgan fingerprint density at radius 2 is 0.537 bits per heavy atom. The Kier molecular flexibility index (Phi) is 54.2. The van der Waals surface area contributed by atoms with Crippen molar-refractivity contribution in [2.45, 2.75) is 322 Å². The van der Waals surface area contributed by atoms with Crippen molar-refractivity contribution in [2.24, 2.45) is 0 Å². The summed E-state index contributed by atoms with van der Waals surface area (Å²) in [6.45, 7) is 6.63. The third kappa shape index (κ3) is 54.4. The zero-order chi connectivity index (χ0) is 48.6. The number of esters is 3. The topological polar surface area (TPSA) is 78.9 Å². The van der Waals surface area contributed by atoms with Crippen molar-refractivity contribution >= 4 is 17.9 Å². The Labute approximate surface area is 416 Å². The molecule has 0 unspecified atom stereocenters. The van der Waals surface area contributed by atoms with Crippen molar-refractivity contribution < 1.29 is 28.6 Å². The summed E-state index contributed by atoms with van der Waals surface area (Å²) >= 11 is 0. The molecule has 0 aliphatic carbocycles. The quantitative estimate of drug-likeness (QED) is 0.0262. The normalized spacial score (nSPS) is 12.2. The lowest BCUT2D eigenvalue weighted by Crippen LogP contribution is -2.30. The van der Waals surface area contributed by atoms with E-state index in [2.05, 4.69) is 57.2 Å². The Morgan fingerprint density at radius 3 is 0.881 bits per heavy atom. The minimum atomic E-state index is -0.774. The van der Waals surface area contributed by atoms with Crippen LogP contribution in [0.1, 0.15) is 316 Å². The summed E-state index contributed by atoms with van der Waals surface area (Å²) in [5.74, 6) is -0.867. The number of allylic oxidation sites excluding steroid dienone is 6. The molecule has 0 fully saturated rings. The molecule has 0 amide bonds. The smallest absolute Gasteiger partial charge is 0.306 e. The molecule has 0 heterocycles. The van der Waals surface area contributed by atoms with Gasteiger partial charge in [0, 0.05) is 19.3 Å². The first kappa shape index (κ1) is 64.6. The van der Waals surface area contributed by atoms with Crippen molar-refractivity contribution in [1.82, 2.24) is 0 Å². The van der Waals surface area contributed by atoms with E-state index in [9.17, 15) is 14.4 Å². The van der Waals surface area contributed by atoms with E-state index in [1.54, 1.807) is 0 Å². The molecule has 0 rings (SSSR count). The average molecular weight is 942 g/mol. The molecule has 6 nitrogen and oxygen atoms in total. The van der Waals surface area contributed by atoms with Gasteiger partial charge in [0.15, 0.2) is 6.10 Å². The van der Waals surface area contributed by atoms with Gasteiger partial charge in [-0.2, -0.15) is 0 Å². The maximum absolute atomic E-state index is 12.9. The highest BCUT2D eigenvalue weighted by atomic mass is 16.6. The van der Waals surface area contributed by atoms with Crippen LogP contribution in [0, 0.1) is 0 Å². The van der Waals surface area contributed by atoms with Crippen molar-refractivity contribution in [3.05, 3.63) is 36.5 Å². The summed E-state index contributed by atoms with van der Waals surface area (Å²) in [6.07, 6.45) is 67.0. The summed E-state index contributed by atoms with van der Waals surface area (Å²) in [5.41, 5.74) is 0. The Hall–Kier alpha value is -2.37. The van der Waals surface area contributed by atoms with Crippen molar-refractivity contribution in [1.29, 1.82) is 0 Å². The van der Waals surface area contributed by atoms with Crippen LogP contribution in [0.25, 0.3) is 0 Å². The van der Waals surface area contributed by atoms with E-state index >= 15 is 0 Å². The van der Waals surface area contributed by atoms with Gasteiger partial charge in [0.05, 0.1) is 0 Å². The monoisotopic (exact) mass is 941 g/mol. The summed E-state index contributed by atoms with van der Waals surface area (Å²) in [6, 6.07) is 0. The lowest BCUT2D eigenvalue weighted by atomic mass is 10.0. The van der Waals surface area contributed by atoms with Crippen LogP contribution in [0.2, 0.25) is 0 Å². The molecular formula is C61H112O6. The van der Waals surface area contributed by atoms with Crippen LogP contribution in [-0.2, 0) is 28.6 Å². The van der Waals surface area contributed by atoms with E-state index in [1.165, 1.54) is 205 Å². The van der Waals surface area contributed by atoms with Gasteiger partial charge in [-0.3, -0.25) is 14.4 Å². The summed E-state index contributed by atoms with van der Waals surface area (Å²) < 4.78 is 16.9. The number of hydrogen-bond acceptors (Lipinski definition) is 6. The molecule has 67 heavy (non-hydrogen) atoms. The molecule has 0 aromatic carbocycles. The van der Waals surface area contributed by atoms with Gasteiger partial charge in [0.2, 0.25) is 0 Å². The highest BCUT2D eigenvalue weighted by Crippen LogP contribution is 2.17. The first-order chi connectivity index (χ1) is 33.0. The molecule has 0 aromatic heterocycles. The first-order valence-electron chi connectivity index (χ1n) is 29.5. The molecule has 392 valence electrons. The molecule has 0 aliphatic heterocycles. The van der Waals surface area contributed by atoms with E-state index in [1.807, 2.05) is 0 Å².